The van der Waals surface area contributed by atoms with Crippen LogP contribution in [0.2, 0.25) is 0 Å². The lowest BCUT2D eigenvalue weighted by Crippen LogP contribution is -2.48. The van der Waals surface area contributed by atoms with Gasteiger partial charge in [-0.1, -0.05) is 25.9 Å². The highest BCUT2D eigenvalue weighted by Gasteiger charge is 2.35. The third kappa shape index (κ3) is 4.49. The predicted octanol–water partition coefficient (Wildman–Crippen LogP) is 2.55. The number of anilines is 1. The summed E-state index contributed by atoms with van der Waals surface area (Å²) in [5, 5.41) is 10.5. The van der Waals surface area contributed by atoms with Crippen molar-refractivity contribution in [2.45, 2.75) is 70.0 Å². The fourth-order valence-electron chi connectivity index (χ4n) is 3.61. The molecule has 2 bridgehead atoms. The normalized spacial score (nSPS) is 26.3. The van der Waals surface area contributed by atoms with Crippen molar-refractivity contribution in [2.24, 2.45) is 0 Å². The van der Waals surface area contributed by atoms with Gasteiger partial charge < -0.3 is 9.84 Å². The number of hydrogen-bond donors (Lipinski definition) is 2. The van der Waals surface area contributed by atoms with Crippen LogP contribution in [0, 0.1) is 0 Å². The zero-order valence-corrected chi connectivity index (χ0v) is 15.8. The number of halogens is 1. The number of rotatable bonds is 4. The Balaban J connectivity index is 0.00000208. The van der Waals surface area contributed by atoms with E-state index in [0.29, 0.717) is 30.6 Å². The molecule has 3 rings (SSSR count). The molecule has 2 aliphatic heterocycles. The molecule has 0 saturated carbocycles. The Kier molecular flexibility index (Phi) is 5.94. The molecule has 6 nitrogen and oxygen atoms in total. The van der Waals surface area contributed by atoms with Crippen LogP contribution in [0.5, 0.6) is 0 Å². The summed E-state index contributed by atoms with van der Waals surface area (Å²) < 4.78 is 5.22. The summed E-state index contributed by atoms with van der Waals surface area (Å²) in [6.45, 7) is 6.58. The molecule has 0 spiro atoms. The molecule has 2 fully saturated rings. The van der Waals surface area contributed by atoms with Crippen LogP contribution in [0.15, 0.2) is 10.6 Å². The quantitative estimate of drug-likeness (QED) is 0.867. The number of likely N-dealkylation sites (N-methyl/N-ethyl adjacent to an activating group) is 1. The van der Waals surface area contributed by atoms with Crippen molar-refractivity contribution in [1.29, 1.82) is 0 Å². The summed E-state index contributed by atoms with van der Waals surface area (Å²) in [7, 11) is 2.04. The number of hydrogen-bond acceptors (Lipinski definition) is 5. The van der Waals surface area contributed by atoms with E-state index in [-0.39, 0.29) is 23.7 Å². The van der Waals surface area contributed by atoms with Gasteiger partial charge in [-0.2, -0.15) is 0 Å². The molecule has 2 N–H and O–H groups in total. The van der Waals surface area contributed by atoms with Crippen molar-refractivity contribution < 1.29 is 9.32 Å². The molecular weight excluding hydrogens is 328 g/mol. The summed E-state index contributed by atoms with van der Waals surface area (Å²) in [5.74, 6) is 0.383. The van der Waals surface area contributed by atoms with E-state index in [9.17, 15) is 4.79 Å². The third-order valence-corrected chi connectivity index (χ3v) is 5.01. The lowest BCUT2D eigenvalue weighted by molar-refractivity contribution is -0.117. The minimum atomic E-state index is -0.0857. The van der Waals surface area contributed by atoms with Gasteiger partial charge in [0.15, 0.2) is 0 Å². The van der Waals surface area contributed by atoms with Crippen molar-refractivity contribution in [3.63, 3.8) is 0 Å². The van der Waals surface area contributed by atoms with Crippen LogP contribution in [0.1, 0.15) is 52.1 Å². The molecule has 1 aromatic heterocycles. The van der Waals surface area contributed by atoms with Gasteiger partial charge in [0.1, 0.15) is 0 Å². The smallest absolute Gasteiger partial charge is 0.240 e. The first-order valence-corrected chi connectivity index (χ1v) is 8.54. The molecular formula is C17H29ClN4O2. The van der Waals surface area contributed by atoms with Gasteiger partial charge in [-0.05, 0) is 32.7 Å². The highest BCUT2D eigenvalue weighted by molar-refractivity contribution is 5.91. The van der Waals surface area contributed by atoms with E-state index in [1.807, 2.05) is 13.1 Å². The van der Waals surface area contributed by atoms with Crippen molar-refractivity contribution in [2.75, 3.05) is 18.9 Å². The topological polar surface area (TPSA) is 70.4 Å². The van der Waals surface area contributed by atoms with Gasteiger partial charge in [0.05, 0.1) is 12.2 Å². The van der Waals surface area contributed by atoms with E-state index in [4.69, 9.17) is 4.52 Å². The first-order chi connectivity index (χ1) is 10.8. The molecule has 1 aromatic rings. The number of nitrogens with one attached hydrogen (secondary N) is 2. The largest absolute Gasteiger partial charge is 0.338 e. The molecule has 3 heterocycles. The lowest BCUT2D eigenvalue weighted by Gasteiger charge is -2.35. The average molecular weight is 357 g/mol. The second-order valence-electron chi connectivity index (χ2n) is 8.05. The number of nitrogens with zero attached hydrogens (tertiary/aromatic N) is 2. The average Bonchev–Trinajstić information content (AvgIpc) is 3.05. The van der Waals surface area contributed by atoms with Gasteiger partial charge in [-0.15, -0.1) is 12.4 Å². The molecule has 0 aromatic carbocycles. The van der Waals surface area contributed by atoms with Gasteiger partial charge in [0.25, 0.3) is 0 Å². The summed E-state index contributed by atoms with van der Waals surface area (Å²) in [4.78, 5) is 14.4. The summed E-state index contributed by atoms with van der Waals surface area (Å²) in [6, 6.07) is 3.56. The fourth-order valence-corrected chi connectivity index (χ4v) is 3.61. The number of aromatic nitrogens is 1. The maximum absolute atomic E-state index is 12.2. The Labute approximate surface area is 150 Å². The first-order valence-electron chi connectivity index (χ1n) is 8.54. The van der Waals surface area contributed by atoms with Gasteiger partial charge in [-0.25, -0.2) is 0 Å². The second kappa shape index (κ2) is 7.42. The van der Waals surface area contributed by atoms with Crippen LogP contribution in [0.3, 0.4) is 0 Å². The Hall–Kier alpha value is -1.11. The minimum Gasteiger partial charge on any atom is -0.338 e. The van der Waals surface area contributed by atoms with E-state index in [0.717, 1.165) is 18.5 Å². The predicted molar refractivity (Wildman–Crippen MR) is 96.7 cm³/mol. The number of amides is 1. The number of carbonyl (C=O) groups excluding carboxylic acids is 1. The zero-order valence-electron chi connectivity index (χ0n) is 15.0. The van der Waals surface area contributed by atoms with E-state index in [1.165, 1.54) is 12.8 Å². The van der Waals surface area contributed by atoms with Crippen molar-refractivity contribution >= 4 is 24.2 Å². The van der Waals surface area contributed by atoms with Crippen LogP contribution in [0.25, 0.3) is 0 Å². The second-order valence-corrected chi connectivity index (χ2v) is 8.05. The maximum atomic E-state index is 12.2. The van der Waals surface area contributed by atoms with Crippen molar-refractivity contribution in [1.82, 2.24) is 15.4 Å². The zero-order chi connectivity index (χ0) is 16.6. The van der Waals surface area contributed by atoms with Crippen LogP contribution < -0.4 is 10.6 Å². The van der Waals surface area contributed by atoms with E-state index < -0.39 is 0 Å². The van der Waals surface area contributed by atoms with E-state index in [2.05, 4.69) is 41.5 Å². The molecule has 2 aliphatic rings. The molecule has 0 aliphatic carbocycles. The van der Waals surface area contributed by atoms with Crippen LogP contribution in [-0.4, -0.2) is 47.7 Å². The molecule has 24 heavy (non-hydrogen) atoms. The molecule has 2 saturated heterocycles. The number of piperidine rings is 1. The van der Waals surface area contributed by atoms with E-state index in [1.54, 1.807) is 0 Å². The fraction of sp³-hybridized carbons (Fsp3) is 0.765. The highest BCUT2D eigenvalue weighted by Crippen LogP contribution is 2.29. The van der Waals surface area contributed by atoms with E-state index >= 15 is 0 Å². The van der Waals surface area contributed by atoms with Gasteiger partial charge >= 0.3 is 0 Å². The third-order valence-electron chi connectivity index (χ3n) is 5.01. The van der Waals surface area contributed by atoms with Gasteiger partial charge in [0.2, 0.25) is 11.8 Å². The molecule has 7 heteroatoms. The highest BCUT2D eigenvalue weighted by atomic mass is 35.5. The number of fused-ring (bicyclic) bond motifs is 2. The van der Waals surface area contributed by atoms with Crippen LogP contribution in [-0.2, 0) is 10.2 Å². The molecule has 1 amide bonds. The van der Waals surface area contributed by atoms with Crippen LogP contribution in [0.4, 0.5) is 5.88 Å². The Morgan fingerprint density at radius 2 is 2.00 bits per heavy atom. The SMILES string of the molecule is CN(CC(=O)Nc1cc(C(C)(C)C)no1)C1CC2CCC(C1)N2.Cl. The molecule has 2 atom stereocenters. The Morgan fingerprint density at radius 3 is 2.54 bits per heavy atom. The van der Waals surface area contributed by atoms with Crippen molar-refractivity contribution in [3.05, 3.63) is 11.8 Å². The van der Waals surface area contributed by atoms with Crippen molar-refractivity contribution in [3.8, 4) is 0 Å². The maximum Gasteiger partial charge on any atom is 0.240 e. The summed E-state index contributed by atoms with van der Waals surface area (Å²) >= 11 is 0. The summed E-state index contributed by atoms with van der Waals surface area (Å²) in [6.07, 6.45) is 4.82. The molecule has 0 radical (unpaired) electrons. The Bertz CT molecular complexity index is 557. The molecule has 2 unspecified atom stereocenters. The first kappa shape index (κ1) is 19.2. The summed E-state index contributed by atoms with van der Waals surface area (Å²) in [5.41, 5.74) is 0.758. The van der Waals surface area contributed by atoms with Gasteiger partial charge in [-0.3, -0.25) is 15.0 Å². The van der Waals surface area contributed by atoms with Gasteiger partial charge in [0, 0.05) is 29.6 Å². The number of carbonyl (C=O) groups is 1. The standard InChI is InChI=1S/C17H28N4O2.ClH/c1-17(2,3)14-9-16(23-20-14)19-15(22)10-21(4)13-7-11-5-6-12(8-13)18-11;/h9,11-13,18H,5-8,10H2,1-4H3,(H,19,22);1H. The lowest BCUT2D eigenvalue weighted by atomic mass is 9.92. The minimum absolute atomic E-state index is 0. The monoisotopic (exact) mass is 356 g/mol. The molecule has 136 valence electrons. The van der Waals surface area contributed by atoms with Crippen LogP contribution >= 0.6 is 12.4 Å². The Morgan fingerprint density at radius 1 is 1.38 bits per heavy atom.